The molecule has 0 atom stereocenters. The zero-order valence-electron chi connectivity index (χ0n) is 11.0. The van der Waals surface area contributed by atoms with Crippen LogP contribution in [0.2, 0.25) is 0 Å². The largest absolute Gasteiger partial charge is 1.00 e. The smallest absolute Gasteiger partial charge is 0.108 e. The van der Waals surface area contributed by atoms with Crippen molar-refractivity contribution in [2.45, 2.75) is 71.1 Å². The van der Waals surface area contributed by atoms with E-state index in [0.29, 0.717) is 0 Å². The van der Waals surface area contributed by atoms with Gasteiger partial charge in [0, 0.05) is 0 Å². The van der Waals surface area contributed by atoms with Crippen LogP contribution in [0.1, 0.15) is 71.1 Å². The molecule has 0 aromatic carbocycles. The Morgan fingerprint density at radius 1 is 0.750 bits per heavy atom. The van der Waals surface area contributed by atoms with E-state index in [-0.39, 0.29) is 24.0 Å². The highest BCUT2D eigenvalue weighted by molar-refractivity contribution is 7.97. The molecule has 0 spiro atoms. The maximum Gasteiger partial charge on any atom is 0.108 e. The van der Waals surface area contributed by atoms with Gasteiger partial charge in [-0.15, -0.1) is 0 Å². The normalized spacial score (nSPS) is 16.3. The molecule has 98 valence electrons. The highest BCUT2D eigenvalue weighted by Crippen LogP contribution is 2.16. The van der Waals surface area contributed by atoms with Crippen molar-refractivity contribution in [3.05, 3.63) is 0 Å². The maximum absolute atomic E-state index is 2.29. The molecule has 0 amide bonds. The SMILES string of the molecule is CCCCCCCCCC[S+]1CCCC1.[I-]. The summed E-state index contributed by atoms with van der Waals surface area (Å²) in [5.41, 5.74) is 0. The molecule has 0 nitrogen and oxygen atoms in total. The third-order valence-electron chi connectivity index (χ3n) is 3.40. The quantitative estimate of drug-likeness (QED) is 0.334. The van der Waals surface area contributed by atoms with Crippen LogP contribution in [0.15, 0.2) is 0 Å². The number of hydrogen-bond donors (Lipinski definition) is 0. The molecule has 1 saturated heterocycles. The number of hydrogen-bond acceptors (Lipinski definition) is 0. The monoisotopic (exact) mass is 356 g/mol. The molecule has 1 aliphatic rings. The molecule has 2 heteroatoms. The van der Waals surface area contributed by atoms with Crippen molar-refractivity contribution in [2.75, 3.05) is 17.3 Å². The lowest BCUT2D eigenvalue weighted by Gasteiger charge is -2.02. The summed E-state index contributed by atoms with van der Waals surface area (Å²) in [6.45, 7) is 2.29. The second-order valence-electron chi connectivity index (χ2n) is 4.91. The van der Waals surface area contributed by atoms with Crippen LogP contribution in [0.25, 0.3) is 0 Å². The van der Waals surface area contributed by atoms with Crippen molar-refractivity contribution < 1.29 is 24.0 Å². The zero-order valence-corrected chi connectivity index (χ0v) is 14.0. The Labute approximate surface area is 123 Å². The van der Waals surface area contributed by atoms with Gasteiger partial charge < -0.3 is 24.0 Å². The highest BCUT2D eigenvalue weighted by Gasteiger charge is 2.22. The van der Waals surface area contributed by atoms with E-state index in [9.17, 15) is 0 Å². The van der Waals surface area contributed by atoms with Crippen LogP contribution in [0, 0.1) is 0 Å². The van der Waals surface area contributed by atoms with Crippen molar-refractivity contribution >= 4 is 10.9 Å². The second kappa shape index (κ2) is 12.5. The first kappa shape index (κ1) is 17.1. The Bertz CT molecular complexity index is 133. The molecule has 0 aromatic rings. The van der Waals surface area contributed by atoms with Gasteiger partial charge in [-0.2, -0.15) is 0 Å². The standard InChI is InChI=1S/C14H29S.HI/c1-2-3-4-5-6-7-8-9-12-15-13-10-11-14-15;/h2-14H2,1H3;1H/q+1;/p-1. The lowest BCUT2D eigenvalue weighted by molar-refractivity contribution is -0.00000332. The summed E-state index contributed by atoms with van der Waals surface area (Å²) in [6.07, 6.45) is 14.9. The van der Waals surface area contributed by atoms with Crippen LogP contribution in [0.3, 0.4) is 0 Å². The molecule has 1 fully saturated rings. The van der Waals surface area contributed by atoms with Crippen molar-refractivity contribution in [3.8, 4) is 0 Å². The van der Waals surface area contributed by atoms with Crippen molar-refractivity contribution in [2.24, 2.45) is 0 Å². The van der Waals surface area contributed by atoms with E-state index in [1.807, 2.05) is 0 Å². The summed E-state index contributed by atoms with van der Waals surface area (Å²) in [7, 11) is 0.862. The first-order valence-electron chi connectivity index (χ1n) is 7.07. The lowest BCUT2D eigenvalue weighted by atomic mass is 10.1. The Balaban J connectivity index is 0.00000225. The zero-order chi connectivity index (χ0) is 10.8. The summed E-state index contributed by atoms with van der Waals surface area (Å²) in [5.74, 6) is 4.70. The fourth-order valence-corrected chi connectivity index (χ4v) is 4.81. The lowest BCUT2D eigenvalue weighted by Crippen LogP contribution is -3.00. The Hall–Kier alpha value is 1.08. The topological polar surface area (TPSA) is 0 Å². The van der Waals surface area contributed by atoms with Crippen molar-refractivity contribution in [1.29, 1.82) is 0 Å². The molecule has 1 heterocycles. The van der Waals surface area contributed by atoms with Crippen LogP contribution in [-0.2, 0) is 10.9 Å². The minimum Gasteiger partial charge on any atom is -1.00 e. The van der Waals surface area contributed by atoms with Gasteiger partial charge in [0.15, 0.2) is 0 Å². The molecule has 0 N–H and O–H groups in total. The molecule has 0 unspecified atom stereocenters. The fraction of sp³-hybridized carbons (Fsp3) is 1.00. The molecule has 16 heavy (non-hydrogen) atoms. The molecular formula is C14H29IS. The van der Waals surface area contributed by atoms with Crippen molar-refractivity contribution in [1.82, 2.24) is 0 Å². The van der Waals surface area contributed by atoms with E-state index in [0.717, 1.165) is 10.9 Å². The minimum absolute atomic E-state index is 0. The van der Waals surface area contributed by atoms with E-state index in [1.54, 1.807) is 17.3 Å². The molecule has 0 aromatic heterocycles. The summed E-state index contributed by atoms with van der Waals surface area (Å²) in [4.78, 5) is 0. The molecule has 1 aliphatic heterocycles. The molecule has 0 bridgehead atoms. The number of rotatable bonds is 9. The average Bonchev–Trinajstić information content (AvgIpc) is 2.75. The summed E-state index contributed by atoms with van der Waals surface area (Å²) in [5, 5.41) is 0. The van der Waals surface area contributed by atoms with Gasteiger partial charge in [-0.25, -0.2) is 0 Å². The first-order valence-corrected chi connectivity index (χ1v) is 8.81. The first-order chi connectivity index (χ1) is 7.43. The van der Waals surface area contributed by atoms with Crippen LogP contribution in [0.4, 0.5) is 0 Å². The second-order valence-corrected chi connectivity index (χ2v) is 7.36. The summed E-state index contributed by atoms with van der Waals surface area (Å²) in [6, 6.07) is 0. The molecular weight excluding hydrogens is 327 g/mol. The fourth-order valence-electron chi connectivity index (χ4n) is 2.36. The van der Waals surface area contributed by atoms with Gasteiger partial charge in [-0.3, -0.25) is 0 Å². The molecule has 1 rings (SSSR count). The summed E-state index contributed by atoms with van der Waals surface area (Å²) >= 11 is 0. The van der Waals surface area contributed by atoms with Gasteiger partial charge >= 0.3 is 0 Å². The van der Waals surface area contributed by atoms with Gasteiger partial charge in [-0.1, -0.05) is 45.4 Å². The Morgan fingerprint density at radius 2 is 1.25 bits per heavy atom. The van der Waals surface area contributed by atoms with E-state index in [1.165, 1.54) is 64.2 Å². The van der Waals surface area contributed by atoms with E-state index in [4.69, 9.17) is 0 Å². The predicted molar refractivity (Wildman–Crippen MR) is 73.8 cm³/mol. The highest BCUT2D eigenvalue weighted by atomic mass is 127. The summed E-state index contributed by atoms with van der Waals surface area (Å²) < 4.78 is 0. The van der Waals surface area contributed by atoms with Crippen molar-refractivity contribution in [3.63, 3.8) is 0 Å². The third-order valence-corrected chi connectivity index (χ3v) is 6.00. The van der Waals surface area contributed by atoms with E-state index in [2.05, 4.69) is 6.92 Å². The Kier molecular flexibility index (Phi) is 13.4. The van der Waals surface area contributed by atoms with Gasteiger partial charge in [0.05, 0.1) is 0 Å². The minimum atomic E-state index is 0. The van der Waals surface area contributed by atoms with Gasteiger partial charge in [0.1, 0.15) is 17.3 Å². The van der Waals surface area contributed by atoms with E-state index >= 15 is 0 Å². The van der Waals surface area contributed by atoms with Gasteiger partial charge in [-0.05, 0) is 36.6 Å². The Morgan fingerprint density at radius 3 is 1.81 bits per heavy atom. The molecule has 0 aliphatic carbocycles. The maximum atomic E-state index is 2.29. The number of unbranched alkanes of at least 4 members (excludes halogenated alkanes) is 7. The van der Waals surface area contributed by atoms with Gasteiger partial charge in [0.2, 0.25) is 0 Å². The van der Waals surface area contributed by atoms with E-state index < -0.39 is 0 Å². The predicted octanol–water partition coefficient (Wildman–Crippen LogP) is 1.54. The van der Waals surface area contributed by atoms with Crippen LogP contribution in [0.5, 0.6) is 0 Å². The molecule has 0 radical (unpaired) electrons. The van der Waals surface area contributed by atoms with Crippen LogP contribution in [-0.4, -0.2) is 17.3 Å². The number of halogens is 1. The molecule has 0 saturated carbocycles. The average molecular weight is 356 g/mol. The van der Waals surface area contributed by atoms with Crippen LogP contribution < -0.4 is 24.0 Å². The van der Waals surface area contributed by atoms with Gasteiger partial charge in [0.25, 0.3) is 0 Å². The van der Waals surface area contributed by atoms with Crippen LogP contribution >= 0.6 is 0 Å². The third kappa shape index (κ3) is 9.15.